The first-order chi connectivity index (χ1) is 21.0. The maximum absolute atomic E-state index is 13.0. The molecule has 0 aliphatic carbocycles. The molecule has 0 saturated heterocycles. The second-order valence-electron chi connectivity index (χ2n) is 9.13. The summed E-state index contributed by atoms with van der Waals surface area (Å²) in [5.41, 5.74) is -0.712. The summed E-state index contributed by atoms with van der Waals surface area (Å²) in [6.45, 7) is 7.76. The molecule has 0 aliphatic rings. The van der Waals surface area contributed by atoms with Gasteiger partial charge in [-0.3, -0.25) is 9.29 Å². The Kier molecular flexibility index (Phi) is 12.0. The van der Waals surface area contributed by atoms with E-state index in [-0.39, 0.29) is 22.7 Å². The molecule has 0 saturated carbocycles. The van der Waals surface area contributed by atoms with Gasteiger partial charge in [-0.25, -0.2) is 18.0 Å². The molecule has 2 aromatic rings. The minimum atomic E-state index is -5.41. The van der Waals surface area contributed by atoms with Gasteiger partial charge < -0.3 is 19.1 Å². The van der Waals surface area contributed by atoms with Crippen LogP contribution in [0.1, 0.15) is 32.2 Å². The van der Waals surface area contributed by atoms with Gasteiger partial charge >= 0.3 is 18.1 Å². The number of carbonyl (C=O) groups excluding carboxylic acids is 2. The highest BCUT2D eigenvalue weighted by Gasteiger charge is 2.42. The van der Waals surface area contributed by atoms with Crippen LogP contribution >= 0.6 is 0 Å². The number of nitriles is 2. The van der Waals surface area contributed by atoms with Gasteiger partial charge in [0.1, 0.15) is 30.2 Å². The summed E-state index contributed by atoms with van der Waals surface area (Å²) >= 11 is 0. The standard InChI is InChI=1S/C26H29F3N8O7S/c1-7-36(8-2)20-9-18(35-45(6,40)41)17(10-22(20)42-5)33-34-25-32-19(11-30)21(12-31)37(25)13-16(14-43-23(38)15(3)4)44-24(39)26(27,28)29/h9-10,16,35H,3,7-8,13-14H2,1-2,4-6H3/b34-33+. The molecule has 0 amide bonds. The van der Waals surface area contributed by atoms with Gasteiger partial charge in [0.25, 0.3) is 5.95 Å². The van der Waals surface area contributed by atoms with Gasteiger partial charge in [-0.15, -0.1) is 10.2 Å². The highest BCUT2D eigenvalue weighted by molar-refractivity contribution is 7.92. The predicted molar refractivity (Wildman–Crippen MR) is 153 cm³/mol. The highest BCUT2D eigenvalue weighted by atomic mass is 32.2. The fourth-order valence-electron chi connectivity index (χ4n) is 3.71. The zero-order valence-electron chi connectivity index (χ0n) is 24.8. The number of anilines is 2. The maximum atomic E-state index is 13.0. The molecule has 1 heterocycles. The van der Waals surface area contributed by atoms with Crippen LogP contribution in [0.2, 0.25) is 0 Å². The Hall–Kier alpha value is -5.17. The van der Waals surface area contributed by atoms with Crippen molar-refractivity contribution < 1.29 is 45.4 Å². The molecule has 0 radical (unpaired) electrons. The van der Waals surface area contributed by atoms with Gasteiger partial charge in [0.2, 0.25) is 10.0 Å². The average molecular weight is 655 g/mol. The van der Waals surface area contributed by atoms with Crippen molar-refractivity contribution in [2.24, 2.45) is 10.2 Å². The van der Waals surface area contributed by atoms with Crippen molar-refractivity contribution in [1.29, 1.82) is 10.5 Å². The zero-order chi connectivity index (χ0) is 34.1. The van der Waals surface area contributed by atoms with Crippen molar-refractivity contribution in [3.05, 3.63) is 35.7 Å². The number of aromatic nitrogens is 2. The minimum absolute atomic E-state index is 0.0354. The number of benzene rings is 1. The molecular weight excluding hydrogens is 625 g/mol. The molecule has 0 bridgehead atoms. The minimum Gasteiger partial charge on any atom is -0.494 e. The SMILES string of the molecule is C=C(C)C(=O)OCC(Cn1c(/N=N/c2cc(OC)c(N(CC)CC)cc2NS(C)(=O)=O)nc(C#N)c1C#N)OC(=O)C(F)(F)F. The molecule has 1 aromatic carbocycles. The first kappa shape index (κ1) is 36.0. The zero-order valence-corrected chi connectivity index (χ0v) is 25.6. The smallest absolute Gasteiger partial charge is 0.490 e. The molecule has 242 valence electrons. The van der Waals surface area contributed by atoms with E-state index in [1.807, 2.05) is 18.7 Å². The van der Waals surface area contributed by atoms with E-state index in [9.17, 15) is 41.7 Å². The van der Waals surface area contributed by atoms with E-state index in [1.165, 1.54) is 26.2 Å². The molecule has 0 fully saturated rings. The van der Waals surface area contributed by atoms with Crippen molar-refractivity contribution in [1.82, 2.24) is 9.55 Å². The Morgan fingerprint density at radius 1 is 1.20 bits per heavy atom. The number of nitrogens with zero attached hydrogens (tertiary/aromatic N) is 7. The molecule has 1 N–H and O–H groups in total. The number of halogens is 3. The third-order valence-corrected chi connectivity index (χ3v) is 6.33. The molecular formula is C26H29F3N8O7S. The number of azo groups is 1. The monoisotopic (exact) mass is 654 g/mol. The third-order valence-electron chi connectivity index (χ3n) is 5.74. The second-order valence-corrected chi connectivity index (χ2v) is 10.9. The fourth-order valence-corrected chi connectivity index (χ4v) is 4.28. The van der Waals surface area contributed by atoms with Gasteiger partial charge in [-0.1, -0.05) is 6.58 Å². The number of methoxy groups -OCH3 is 1. The number of rotatable bonds is 14. The topological polar surface area (TPSA) is 201 Å². The number of carbonyl (C=O) groups is 2. The lowest BCUT2D eigenvalue weighted by Crippen LogP contribution is -2.35. The maximum Gasteiger partial charge on any atom is 0.490 e. The molecule has 2 rings (SSSR count). The Balaban J connectivity index is 2.70. The molecule has 15 nitrogen and oxygen atoms in total. The summed E-state index contributed by atoms with van der Waals surface area (Å²) in [6, 6.07) is 6.13. The summed E-state index contributed by atoms with van der Waals surface area (Å²) in [6.07, 6.45) is -6.35. The Labute approximate surface area is 256 Å². The normalized spacial score (nSPS) is 12.1. The van der Waals surface area contributed by atoms with Crippen LogP contribution in [0.3, 0.4) is 0 Å². The van der Waals surface area contributed by atoms with E-state index in [1.54, 1.807) is 12.1 Å². The van der Waals surface area contributed by atoms with Crippen LogP contribution in [-0.2, 0) is 35.6 Å². The van der Waals surface area contributed by atoms with E-state index in [4.69, 9.17) is 9.47 Å². The number of nitrogens with one attached hydrogen (secondary N) is 1. The molecule has 0 spiro atoms. The number of alkyl halides is 3. The Morgan fingerprint density at radius 3 is 2.33 bits per heavy atom. The van der Waals surface area contributed by atoms with Crippen LogP contribution in [0.4, 0.5) is 36.2 Å². The average Bonchev–Trinajstić information content (AvgIpc) is 3.30. The number of hydrogen-bond donors (Lipinski definition) is 1. The van der Waals surface area contributed by atoms with Gasteiger partial charge in [0, 0.05) is 24.7 Å². The second kappa shape index (κ2) is 15.0. The number of hydrogen-bond acceptors (Lipinski definition) is 13. The lowest BCUT2D eigenvalue weighted by atomic mass is 10.2. The van der Waals surface area contributed by atoms with Gasteiger partial charge in [0.05, 0.1) is 31.3 Å². The fraction of sp³-hybridized carbons (Fsp3) is 0.423. The number of ether oxygens (including phenoxy) is 3. The van der Waals surface area contributed by atoms with E-state index in [0.29, 0.717) is 18.8 Å². The van der Waals surface area contributed by atoms with Crippen LogP contribution in [-0.4, -0.2) is 75.2 Å². The van der Waals surface area contributed by atoms with Crippen LogP contribution in [0.25, 0.3) is 0 Å². The van der Waals surface area contributed by atoms with Crippen LogP contribution in [0.15, 0.2) is 34.5 Å². The summed E-state index contributed by atoms with van der Waals surface area (Å²) in [4.78, 5) is 29.3. The first-order valence-corrected chi connectivity index (χ1v) is 14.8. The Bertz CT molecular complexity index is 1670. The molecule has 1 atom stereocenters. The summed E-state index contributed by atoms with van der Waals surface area (Å²) in [7, 11) is -2.47. The van der Waals surface area contributed by atoms with Gasteiger partial charge in [-0.2, -0.15) is 28.7 Å². The lowest BCUT2D eigenvalue weighted by molar-refractivity contribution is -0.207. The van der Waals surface area contributed by atoms with E-state index >= 15 is 0 Å². The van der Waals surface area contributed by atoms with Crippen LogP contribution < -0.4 is 14.4 Å². The molecule has 1 unspecified atom stereocenters. The summed E-state index contributed by atoms with van der Waals surface area (Å²) < 4.78 is 81.2. The molecule has 1 aromatic heterocycles. The van der Waals surface area contributed by atoms with Gasteiger partial charge in [-0.05, 0) is 26.8 Å². The van der Waals surface area contributed by atoms with Crippen molar-refractivity contribution in [3.63, 3.8) is 0 Å². The van der Waals surface area contributed by atoms with E-state index in [2.05, 4.69) is 31.3 Å². The summed E-state index contributed by atoms with van der Waals surface area (Å²) in [5, 5.41) is 27.1. The van der Waals surface area contributed by atoms with Crippen LogP contribution in [0.5, 0.6) is 5.75 Å². The number of esters is 2. The molecule has 19 heteroatoms. The number of sulfonamides is 1. The van der Waals surface area contributed by atoms with Crippen LogP contribution in [0, 0.1) is 22.7 Å². The molecule has 45 heavy (non-hydrogen) atoms. The first-order valence-electron chi connectivity index (χ1n) is 12.9. The third kappa shape index (κ3) is 9.66. The van der Waals surface area contributed by atoms with Crippen molar-refractivity contribution >= 4 is 45.0 Å². The quantitative estimate of drug-likeness (QED) is 0.176. The van der Waals surface area contributed by atoms with Crippen molar-refractivity contribution in [2.75, 3.05) is 42.7 Å². The molecule has 0 aliphatic heterocycles. The van der Waals surface area contributed by atoms with E-state index < -0.39 is 64.7 Å². The van der Waals surface area contributed by atoms with Crippen molar-refractivity contribution in [2.45, 2.75) is 39.6 Å². The van der Waals surface area contributed by atoms with E-state index in [0.717, 1.165) is 10.8 Å². The van der Waals surface area contributed by atoms with Gasteiger partial charge in [0.15, 0.2) is 17.5 Å². The van der Waals surface area contributed by atoms with Crippen molar-refractivity contribution in [3.8, 4) is 17.9 Å². The number of imidazole rings is 1. The lowest BCUT2D eigenvalue weighted by Gasteiger charge is -2.24. The predicted octanol–water partition coefficient (Wildman–Crippen LogP) is 3.86. The highest BCUT2D eigenvalue weighted by Crippen LogP contribution is 2.40. The largest absolute Gasteiger partial charge is 0.494 e. The summed E-state index contributed by atoms with van der Waals surface area (Å²) in [5.74, 6) is -3.85. The Morgan fingerprint density at radius 2 is 1.84 bits per heavy atom.